The lowest BCUT2D eigenvalue weighted by Gasteiger charge is -2.12. The molecule has 5 nitrogen and oxygen atoms in total. The van der Waals surface area contributed by atoms with E-state index in [0.717, 1.165) is 0 Å². The number of thiophene rings is 1. The summed E-state index contributed by atoms with van der Waals surface area (Å²) in [5, 5.41) is 9.26. The maximum absolute atomic E-state index is 11.6. The quantitative estimate of drug-likeness (QED) is 0.709. The molecule has 1 atom stereocenters. The van der Waals surface area contributed by atoms with Crippen LogP contribution in [0.15, 0.2) is 16.8 Å². The van der Waals surface area contributed by atoms with E-state index in [1.54, 1.807) is 18.6 Å². The number of ether oxygens (including phenoxy) is 1. The summed E-state index contributed by atoms with van der Waals surface area (Å²) in [6, 6.07) is 1.79. The van der Waals surface area contributed by atoms with E-state index in [0.29, 0.717) is 31.6 Å². The van der Waals surface area contributed by atoms with Crippen LogP contribution in [0, 0.1) is 0 Å². The Labute approximate surface area is 117 Å². The Bertz CT molecular complexity index is 393. The first kappa shape index (κ1) is 15.7. The summed E-state index contributed by atoms with van der Waals surface area (Å²) >= 11 is 1.49. The minimum absolute atomic E-state index is 0.0119. The number of rotatable bonds is 8. The van der Waals surface area contributed by atoms with Gasteiger partial charge in [-0.3, -0.25) is 9.59 Å². The van der Waals surface area contributed by atoms with E-state index in [2.05, 4.69) is 10.6 Å². The van der Waals surface area contributed by atoms with Gasteiger partial charge in [-0.1, -0.05) is 0 Å². The van der Waals surface area contributed by atoms with Crippen molar-refractivity contribution in [2.75, 3.05) is 20.3 Å². The maximum Gasteiger partial charge on any atom is 0.252 e. The van der Waals surface area contributed by atoms with Crippen molar-refractivity contribution in [1.29, 1.82) is 0 Å². The normalized spacial score (nSPS) is 11.9. The van der Waals surface area contributed by atoms with Crippen molar-refractivity contribution in [3.63, 3.8) is 0 Å². The third-order valence-electron chi connectivity index (χ3n) is 2.47. The molecule has 0 radical (unpaired) electrons. The van der Waals surface area contributed by atoms with Crippen LogP contribution < -0.4 is 10.6 Å². The first-order valence-electron chi connectivity index (χ1n) is 6.22. The fourth-order valence-electron chi connectivity index (χ4n) is 1.59. The summed E-state index contributed by atoms with van der Waals surface area (Å²) < 4.78 is 4.93. The van der Waals surface area contributed by atoms with Gasteiger partial charge in [0.25, 0.3) is 5.91 Å². The lowest BCUT2D eigenvalue weighted by atomic mass is 10.2. The van der Waals surface area contributed by atoms with Gasteiger partial charge < -0.3 is 15.4 Å². The topological polar surface area (TPSA) is 67.4 Å². The second-order valence-corrected chi connectivity index (χ2v) is 5.08. The number of hydrogen-bond donors (Lipinski definition) is 2. The smallest absolute Gasteiger partial charge is 0.252 e. The molecule has 19 heavy (non-hydrogen) atoms. The molecule has 6 heteroatoms. The summed E-state index contributed by atoms with van der Waals surface area (Å²) in [7, 11) is 1.60. The van der Waals surface area contributed by atoms with Crippen molar-refractivity contribution in [3.8, 4) is 0 Å². The molecule has 0 aliphatic rings. The van der Waals surface area contributed by atoms with Crippen LogP contribution >= 0.6 is 11.3 Å². The molecule has 0 spiro atoms. The van der Waals surface area contributed by atoms with Gasteiger partial charge in [-0.2, -0.15) is 11.3 Å². The molecule has 0 saturated heterocycles. The van der Waals surface area contributed by atoms with Crippen molar-refractivity contribution in [2.24, 2.45) is 0 Å². The third kappa shape index (κ3) is 6.35. The van der Waals surface area contributed by atoms with E-state index in [4.69, 9.17) is 4.74 Å². The Morgan fingerprint density at radius 1 is 1.47 bits per heavy atom. The van der Waals surface area contributed by atoms with Gasteiger partial charge in [0.1, 0.15) is 0 Å². The highest BCUT2D eigenvalue weighted by molar-refractivity contribution is 7.08. The Kier molecular flexibility index (Phi) is 7.14. The molecule has 0 saturated carbocycles. The van der Waals surface area contributed by atoms with Gasteiger partial charge in [-0.05, 0) is 24.8 Å². The summed E-state index contributed by atoms with van der Waals surface area (Å²) in [6.07, 6.45) is 1.03. The van der Waals surface area contributed by atoms with Crippen LogP contribution in [0.1, 0.15) is 30.1 Å². The summed E-state index contributed by atoms with van der Waals surface area (Å²) in [4.78, 5) is 23.1. The summed E-state index contributed by atoms with van der Waals surface area (Å²) in [5.41, 5.74) is 0.670. The predicted molar refractivity (Wildman–Crippen MR) is 75.4 cm³/mol. The number of methoxy groups -OCH3 is 1. The average Bonchev–Trinajstić information content (AvgIpc) is 2.88. The molecule has 0 aliphatic carbocycles. The summed E-state index contributed by atoms with van der Waals surface area (Å²) in [6.45, 7) is 2.89. The maximum atomic E-state index is 11.6. The minimum atomic E-state index is -0.0885. The van der Waals surface area contributed by atoms with Crippen molar-refractivity contribution in [2.45, 2.75) is 25.8 Å². The van der Waals surface area contributed by atoms with Crippen LogP contribution in [-0.4, -0.2) is 38.1 Å². The van der Waals surface area contributed by atoms with Gasteiger partial charge in [0.2, 0.25) is 5.91 Å². The predicted octanol–water partition coefficient (Wildman–Crippen LogP) is 1.41. The second-order valence-electron chi connectivity index (χ2n) is 4.30. The monoisotopic (exact) mass is 284 g/mol. The Balaban J connectivity index is 2.10. The van der Waals surface area contributed by atoms with Crippen LogP contribution in [0.2, 0.25) is 0 Å². The number of hydrogen-bond acceptors (Lipinski definition) is 4. The number of amides is 2. The molecule has 0 bridgehead atoms. The van der Waals surface area contributed by atoms with Crippen molar-refractivity contribution >= 4 is 23.2 Å². The van der Waals surface area contributed by atoms with E-state index in [-0.39, 0.29) is 17.9 Å². The van der Waals surface area contributed by atoms with E-state index in [9.17, 15) is 9.59 Å². The number of nitrogens with one attached hydrogen (secondary N) is 2. The van der Waals surface area contributed by atoms with E-state index >= 15 is 0 Å². The average molecular weight is 284 g/mol. The van der Waals surface area contributed by atoms with Gasteiger partial charge in [0.05, 0.1) is 6.61 Å². The summed E-state index contributed by atoms with van der Waals surface area (Å²) in [5.74, 6) is -0.108. The fourth-order valence-corrected chi connectivity index (χ4v) is 2.22. The fraction of sp³-hybridized carbons (Fsp3) is 0.538. The molecule has 0 aliphatic heterocycles. The van der Waals surface area contributed by atoms with E-state index in [1.165, 1.54) is 11.3 Å². The van der Waals surface area contributed by atoms with Gasteiger partial charge in [0.15, 0.2) is 0 Å². The van der Waals surface area contributed by atoms with E-state index in [1.807, 2.05) is 12.3 Å². The molecule has 0 fully saturated rings. The molecule has 1 aromatic rings. The van der Waals surface area contributed by atoms with Crippen molar-refractivity contribution in [3.05, 3.63) is 22.4 Å². The zero-order chi connectivity index (χ0) is 14.1. The Morgan fingerprint density at radius 3 is 2.89 bits per heavy atom. The molecule has 0 aromatic carbocycles. The van der Waals surface area contributed by atoms with Gasteiger partial charge in [-0.25, -0.2) is 0 Å². The molecule has 1 heterocycles. The molecular formula is C13H20N2O3S. The molecule has 2 amide bonds. The zero-order valence-corrected chi connectivity index (χ0v) is 12.1. The van der Waals surface area contributed by atoms with Gasteiger partial charge in [-0.15, -0.1) is 0 Å². The van der Waals surface area contributed by atoms with Crippen LogP contribution in [0.3, 0.4) is 0 Å². The Hall–Kier alpha value is -1.40. The standard InChI is InChI=1S/C13H20N2O3S/c1-10(8-18-2)15-12(16)4-3-6-14-13(17)11-5-7-19-9-11/h5,7,9-10H,3-4,6,8H2,1-2H3,(H,14,17)(H,15,16). The molecule has 1 aromatic heterocycles. The molecule has 106 valence electrons. The number of carbonyl (C=O) groups is 2. The third-order valence-corrected chi connectivity index (χ3v) is 3.16. The van der Waals surface area contributed by atoms with Crippen molar-refractivity contribution in [1.82, 2.24) is 10.6 Å². The first-order chi connectivity index (χ1) is 9.13. The first-order valence-corrected chi connectivity index (χ1v) is 7.16. The van der Waals surface area contributed by atoms with Crippen LogP contribution in [0.4, 0.5) is 0 Å². The van der Waals surface area contributed by atoms with Crippen LogP contribution in [0.25, 0.3) is 0 Å². The highest BCUT2D eigenvalue weighted by Crippen LogP contribution is 2.05. The highest BCUT2D eigenvalue weighted by Gasteiger charge is 2.08. The Morgan fingerprint density at radius 2 is 2.26 bits per heavy atom. The van der Waals surface area contributed by atoms with E-state index < -0.39 is 0 Å². The lowest BCUT2D eigenvalue weighted by Crippen LogP contribution is -2.36. The largest absolute Gasteiger partial charge is 0.383 e. The molecular weight excluding hydrogens is 264 g/mol. The zero-order valence-electron chi connectivity index (χ0n) is 11.3. The van der Waals surface area contributed by atoms with Gasteiger partial charge >= 0.3 is 0 Å². The molecule has 1 rings (SSSR count). The van der Waals surface area contributed by atoms with Gasteiger partial charge in [0, 0.05) is 37.1 Å². The lowest BCUT2D eigenvalue weighted by molar-refractivity contribution is -0.122. The minimum Gasteiger partial charge on any atom is -0.383 e. The van der Waals surface area contributed by atoms with Crippen LogP contribution in [0.5, 0.6) is 0 Å². The van der Waals surface area contributed by atoms with Crippen molar-refractivity contribution < 1.29 is 14.3 Å². The molecule has 2 N–H and O–H groups in total. The SMILES string of the molecule is COCC(C)NC(=O)CCCNC(=O)c1ccsc1. The highest BCUT2D eigenvalue weighted by atomic mass is 32.1. The van der Waals surface area contributed by atoms with Crippen LogP contribution in [-0.2, 0) is 9.53 Å². The molecule has 1 unspecified atom stereocenters. The second kappa shape index (κ2) is 8.66. The number of carbonyl (C=O) groups excluding carboxylic acids is 2.